The van der Waals surface area contributed by atoms with Crippen LogP contribution in [-0.2, 0) is 4.79 Å². The summed E-state index contributed by atoms with van der Waals surface area (Å²) in [5, 5.41) is 8.67. The number of nitrogens with one attached hydrogen (secondary N) is 1. The van der Waals surface area contributed by atoms with Gasteiger partial charge < -0.3 is 5.32 Å². The van der Waals surface area contributed by atoms with E-state index in [-0.39, 0.29) is 17.7 Å². The average Bonchev–Trinajstić information content (AvgIpc) is 3.01. The van der Waals surface area contributed by atoms with Crippen LogP contribution >= 0.6 is 11.8 Å². The first kappa shape index (κ1) is 15.2. The number of benzene rings is 1. The third kappa shape index (κ3) is 2.57. The van der Waals surface area contributed by atoms with Gasteiger partial charge in [-0.05, 0) is 12.0 Å². The van der Waals surface area contributed by atoms with Crippen molar-refractivity contribution in [2.45, 2.75) is 24.0 Å². The Kier molecular flexibility index (Phi) is 3.98. The van der Waals surface area contributed by atoms with Gasteiger partial charge in [0.1, 0.15) is 5.78 Å². The van der Waals surface area contributed by atoms with Crippen molar-refractivity contribution in [3.8, 4) is 0 Å². The van der Waals surface area contributed by atoms with Crippen LogP contribution in [0.4, 0.5) is 5.95 Å². The average molecular weight is 338 g/mol. The van der Waals surface area contributed by atoms with Crippen LogP contribution in [0.3, 0.4) is 0 Å². The van der Waals surface area contributed by atoms with Gasteiger partial charge in [0.2, 0.25) is 11.1 Å². The Labute approximate surface area is 144 Å². The molecule has 0 bridgehead atoms. The number of thioether (sulfide) groups is 1. The van der Waals surface area contributed by atoms with Crippen LogP contribution in [0, 0.1) is 5.92 Å². The number of hydrogen-bond acceptors (Lipinski definition) is 5. The topological polar surface area (TPSA) is 59.8 Å². The van der Waals surface area contributed by atoms with Crippen LogP contribution in [0.25, 0.3) is 0 Å². The summed E-state index contributed by atoms with van der Waals surface area (Å²) < 4.78 is 1.87. The molecular weight excluding hydrogens is 320 g/mol. The van der Waals surface area contributed by atoms with Crippen LogP contribution < -0.4 is 5.32 Å². The molecule has 0 fully saturated rings. The van der Waals surface area contributed by atoms with E-state index in [9.17, 15) is 4.79 Å². The number of aromatic nitrogens is 3. The van der Waals surface area contributed by atoms with E-state index >= 15 is 0 Å². The maximum absolute atomic E-state index is 12.6. The molecule has 24 heavy (non-hydrogen) atoms. The maximum atomic E-state index is 12.6. The number of rotatable bonds is 4. The molecule has 0 saturated heterocycles. The second kappa shape index (κ2) is 6.28. The molecule has 4 rings (SSSR count). The predicted octanol–water partition coefficient (Wildman–Crippen LogP) is 3.43. The molecule has 122 valence electrons. The van der Waals surface area contributed by atoms with Crippen molar-refractivity contribution in [1.82, 2.24) is 14.8 Å². The molecule has 1 aliphatic carbocycles. The minimum atomic E-state index is -0.215. The number of hydrogen-bond donors (Lipinski definition) is 1. The molecule has 0 unspecified atom stereocenters. The van der Waals surface area contributed by atoms with Gasteiger partial charge in [-0.1, -0.05) is 54.2 Å². The van der Waals surface area contributed by atoms with Gasteiger partial charge in [0, 0.05) is 17.9 Å². The van der Waals surface area contributed by atoms with Crippen molar-refractivity contribution >= 4 is 23.5 Å². The summed E-state index contributed by atoms with van der Waals surface area (Å²) in [4.78, 5) is 17.2. The Morgan fingerprint density at radius 2 is 2.21 bits per heavy atom. The normalized spacial score (nSPS) is 22.2. The minimum absolute atomic E-state index is 0.146. The molecule has 6 heteroatoms. The van der Waals surface area contributed by atoms with E-state index in [0.29, 0.717) is 17.5 Å². The van der Waals surface area contributed by atoms with Gasteiger partial charge in [-0.15, -0.1) is 11.7 Å². The van der Waals surface area contributed by atoms with Crippen LogP contribution in [0.2, 0.25) is 0 Å². The van der Waals surface area contributed by atoms with E-state index in [4.69, 9.17) is 0 Å². The van der Waals surface area contributed by atoms with E-state index in [0.717, 1.165) is 23.4 Å². The summed E-state index contributed by atoms with van der Waals surface area (Å²) in [6.45, 7) is 3.74. The summed E-state index contributed by atoms with van der Waals surface area (Å²) >= 11 is 1.54. The highest BCUT2D eigenvalue weighted by Crippen LogP contribution is 2.41. The van der Waals surface area contributed by atoms with E-state index in [1.54, 1.807) is 0 Å². The Morgan fingerprint density at radius 3 is 3.00 bits per heavy atom. The lowest BCUT2D eigenvalue weighted by molar-refractivity contribution is -0.123. The molecule has 2 atom stereocenters. The molecule has 5 nitrogen and oxygen atoms in total. The lowest BCUT2D eigenvalue weighted by atomic mass is 9.81. The van der Waals surface area contributed by atoms with Gasteiger partial charge in [0.05, 0.1) is 12.0 Å². The van der Waals surface area contributed by atoms with E-state index in [1.807, 2.05) is 29.0 Å². The van der Waals surface area contributed by atoms with Gasteiger partial charge in [-0.3, -0.25) is 4.79 Å². The van der Waals surface area contributed by atoms with E-state index in [1.165, 1.54) is 11.8 Å². The molecule has 0 spiro atoms. The zero-order valence-corrected chi connectivity index (χ0v) is 14.0. The third-order valence-electron chi connectivity index (χ3n) is 4.36. The van der Waals surface area contributed by atoms with Gasteiger partial charge in [0.25, 0.3) is 0 Å². The fraction of sp³-hybridized carbons (Fsp3) is 0.278. The third-order valence-corrected chi connectivity index (χ3v) is 5.19. The zero-order chi connectivity index (χ0) is 16.5. The fourth-order valence-electron chi connectivity index (χ4n) is 3.33. The monoisotopic (exact) mass is 338 g/mol. The van der Waals surface area contributed by atoms with Gasteiger partial charge in [-0.2, -0.15) is 4.98 Å². The van der Waals surface area contributed by atoms with Gasteiger partial charge in [-0.25, -0.2) is 4.68 Å². The SMILES string of the molecule is C=CCSc1nc2n(n1)[C@@H](c1ccccc1)[C@@H]1C(=O)CCC=C1N2. The number of anilines is 1. The van der Waals surface area contributed by atoms with Crippen molar-refractivity contribution < 1.29 is 4.79 Å². The number of carbonyl (C=O) groups excluding carboxylic acids is 1. The van der Waals surface area contributed by atoms with Crippen molar-refractivity contribution in [3.05, 3.63) is 60.3 Å². The smallest absolute Gasteiger partial charge is 0.227 e. The first-order chi connectivity index (χ1) is 11.8. The lowest BCUT2D eigenvalue weighted by Crippen LogP contribution is -2.38. The number of fused-ring (bicyclic) bond motifs is 2. The number of carbonyl (C=O) groups is 1. The molecule has 2 aliphatic rings. The number of nitrogens with zero attached hydrogens (tertiary/aromatic N) is 3. The Balaban J connectivity index is 1.83. The van der Waals surface area contributed by atoms with Gasteiger partial charge in [0.15, 0.2) is 0 Å². The second-order valence-electron chi connectivity index (χ2n) is 5.88. The second-order valence-corrected chi connectivity index (χ2v) is 6.87. The van der Waals surface area contributed by atoms with Crippen molar-refractivity contribution in [2.75, 3.05) is 11.1 Å². The summed E-state index contributed by atoms with van der Waals surface area (Å²) in [5.74, 6) is 1.50. The molecule has 0 radical (unpaired) electrons. The molecule has 1 N–H and O–H groups in total. The summed E-state index contributed by atoms with van der Waals surface area (Å²) in [6.07, 6.45) is 5.32. The Bertz CT molecular complexity index is 812. The molecule has 1 aliphatic heterocycles. The summed E-state index contributed by atoms with van der Waals surface area (Å²) in [5.41, 5.74) is 2.04. The predicted molar refractivity (Wildman–Crippen MR) is 95.0 cm³/mol. The molecule has 0 saturated carbocycles. The van der Waals surface area contributed by atoms with E-state index in [2.05, 4.69) is 40.2 Å². The molecular formula is C18H18N4OS. The van der Waals surface area contributed by atoms with Crippen LogP contribution in [-0.4, -0.2) is 26.3 Å². The first-order valence-electron chi connectivity index (χ1n) is 8.03. The first-order valence-corrected chi connectivity index (χ1v) is 9.01. The van der Waals surface area contributed by atoms with Crippen LogP contribution in [0.15, 0.2) is 59.9 Å². The Hall–Kier alpha value is -2.34. The highest BCUT2D eigenvalue weighted by Gasteiger charge is 2.41. The quantitative estimate of drug-likeness (QED) is 0.683. The van der Waals surface area contributed by atoms with Gasteiger partial charge >= 0.3 is 0 Å². The van der Waals surface area contributed by atoms with E-state index < -0.39 is 0 Å². The largest absolute Gasteiger partial charge is 0.328 e. The number of allylic oxidation sites excluding steroid dienone is 2. The minimum Gasteiger partial charge on any atom is -0.328 e. The highest BCUT2D eigenvalue weighted by molar-refractivity contribution is 7.99. The lowest BCUT2D eigenvalue weighted by Gasteiger charge is -2.36. The van der Waals surface area contributed by atoms with Crippen LogP contribution in [0.1, 0.15) is 24.4 Å². The fourth-order valence-corrected chi connectivity index (χ4v) is 3.90. The van der Waals surface area contributed by atoms with Crippen molar-refractivity contribution in [2.24, 2.45) is 5.92 Å². The molecule has 2 aromatic rings. The van der Waals surface area contributed by atoms with Crippen molar-refractivity contribution in [3.63, 3.8) is 0 Å². The van der Waals surface area contributed by atoms with Crippen molar-refractivity contribution in [1.29, 1.82) is 0 Å². The Morgan fingerprint density at radius 1 is 1.38 bits per heavy atom. The standard InChI is InChI=1S/C18H18N4OS/c1-2-11-24-18-20-17-19-13-9-6-10-14(23)15(13)16(22(17)21-18)12-7-4-3-5-8-12/h2-5,7-9,15-16H,1,6,10-11H2,(H,19,20,21)/t15-,16-/m0/s1. The molecule has 1 aromatic heterocycles. The summed E-state index contributed by atoms with van der Waals surface area (Å²) in [6, 6.07) is 9.94. The zero-order valence-electron chi connectivity index (χ0n) is 13.2. The summed E-state index contributed by atoms with van der Waals surface area (Å²) in [7, 11) is 0. The molecule has 1 aromatic carbocycles. The molecule has 0 amide bonds. The maximum Gasteiger partial charge on any atom is 0.227 e. The molecule has 2 heterocycles. The highest BCUT2D eigenvalue weighted by atomic mass is 32.2. The number of ketones is 1. The van der Waals surface area contributed by atoms with Crippen LogP contribution in [0.5, 0.6) is 0 Å². The number of Topliss-reactive ketones (excluding diaryl/α,β-unsaturated/α-hetero) is 1.